The summed E-state index contributed by atoms with van der Waals surface area (Å²) < 4.78 is 5.70. The summed E-state index contributed by atoms with van der Waals surface area (Å²) in [5, 5.41) is 8.38. The second-order valence-electron chi connectivity index (χ2n) is 8.52. The molecule has 6 nitrogen and oxygen atoms in total. The number of aromatic nitrogens is 2. The third-order valence-corrected chi connectivity index (χ3v) is 6.11. The van der Waals surface area contributed by atoms with Gasteiger partial charge >= 0.3 is 0 Å². The van der Waals surface area contributed by atoms with Gasteiger partial charge in [0.1, 0.15) is 5.82 Å². The third kappa shape index (κ3) is 5.32. The average molecular weight is 420 g/mol. The van der Waals surface area contributed by atoms with Gasteiger partial charge in [0, 0.05) is 45.2 Å². The molecule has 2 aromatic carbocycles. The zero-order chi connectivity index (χ0) is 21.6. The summed E-state index contributed by atoms with van der Waals surface area (Å²) >= 11 is 0. The van der Waals surface area contributed by atoms with Crippen LogP contribution in [0, 0.1) is 0 Å². The standard InChI is InChI=1S/C25H33N5O/c1-30(2)24-21-11-7-8-12-22(21)28-25(29-24)27-20-15-13-19(14-16-20)26-17-23(31-3)18-9-5-4-6-10-18/h4-12,19-20,23,26H,13-17H2,1-3H3,(H,27,28,29)/t19?,20?,23-/m1/s1. The number of rotatable bonds is 8. The van der Waals surface area contributed by atoms with Gasteiger partial charge in [0.15, 0.2) is 0 Å². The molecular formula is C25H33N5O. The Morgan fingerprint density at radius 3 is 2.32 bits per heavy atom. The molecule has 0 bridgehead atoms. The maximum atomic E-state index is 5.70. The van der Waals surface area contributed by atoms with Crippen molar-refractivity contribution < 1.29 is 4.74 Å². The minimum absolute atomic E-state index is 0.0903. The molecule has 1 aliphatic rings. The zero-order valence-corrected chi connectivity index (χ0v) is 18.7. The van der Waals surface area contributed by atoms with E-state index in [1.807, 2.05) is 32.3 Å². The monoisotopic (exact) mass is 419 g/mol. The lowest BCUT2D eigenvalue weighted by molar-refractivity contribution is 0.0974. The van der Waals surface area contributed by atoms with E-state index in [4.69, 9.17) is 14.7 Å². The quantitative estimate of drug-likeness (QED) is 0.564. The fourth-order valence-corrected chi connectivity index (χ4v) is 4.37. The number of hydrogen-bond donors (Lipinski definition) is 2. The fraction of sp³-hybridized carbons (Fsp3) is 0.440. The lowest BCUT2D eigenvalue weighted by Gasteiger charge is -2.31. The van der Waals surface area contributed by atoms with Crippen LogP contribution in [0.25, 0.3) is 10.9 Å². The van der Waals surface area contributed by atoms with Gasteiger partial charge in [-0.05, 0) is 43.4 Å². The summed E-state index contributed by atoms with van der Waals surface area (Å²) in [6.45, 7) is 0.837. The van der Waals surface area contributed by atoms with E-state index in [2.05, 4.69) is 51.9 Å². The lowest BCUT2D eigenvalue weighted by Crippen LogP contribution is -2.39. The first-order valence-electron chi connectivity index (χ1n) is 11.2. The number of methoxy groups -OCH3 is 1. The number of ether oxygens (including phenoxy) is 1. The van der Waals surface area contributed by atoms with Crippen molar-refractivity contribution >= 4 is 22.7 Å². The highest BCUT2D eigenvalue weighted by molar-refractivity contribution is 5.90. The maximum absolute atomic E-state index is 5.70. The molecule has 1 aromatic heterocycles. The Hall–Kier alpha value is -2.70. The van der Waals surface area contributed by atoms with E-state index in [1.165, 1.54) is 5.56 Å². The normalized spacial score (nSPS) is 19.8. The Labute approximate surface area is 185 Å². The third-order valence-electron chi connectivity index (χ3n) is 6.11. The summed E-state index contributed by atoms with van der Waals surface area (Å²) in [7, 11) is 5.84. The van der Waals surface area contributed by atoms with Gasteiger partial charge in [-0.15, -0.1) is 0 Å². The second-order valence-corrected chi connectivity index (χ2v) is 8.52. The van der Waals surface area contributed by atoms with E-state index in [0.717, 1.165) is 54.9 Å². The summed E-state index contributed by atoms with van der Waals surface area (Å²) in [5.41, 5.74) is 2.20. The van der Waals surface area contributed by atoms with Crippen LogP contribution >= 0.6 is 0 Å². The number of benzene rings is 2. The average Bonchev–Trinajstić information content (AvgIpc) is 2.80. The van der Waals surface area contributed by atoms with Crippen LogP contribution in [-0.4, -0.2) is 49.8 Å². The molecule has 3 aromatic rings. The van der Waals surface area contributed by atoms with Crippen molar-refractivity contribution in [3.05, 3.63) is 60.2 Å². The van der Waals surface area contributed by atoms with Crippen LogP contribution in [0.3, 0.4) is 0 Å². The Bertz CT molecular complexity index is 970. The summed E-state index contributed by atoms with van der Waals surface area (Å²) in [6.07, 6.45) is 4.57. The molecule has 31 heavy (non-hydrogen) atoms. The molecule has 0 unspecified atom stereocenters. The highest BCUT2D eigenvalue weighted by Crippen LogP contribution is 2.26. The molecule has 4 rings (SSSR count). The molecule has 1 atom stereocenters. The van der Waals surface area contributed by atoms with E-state index >= 15 is 0 Å². The maximum Gasteiger partial charge on any atom is 0.225 e. The number of anilines is 2. The molecule has 0 spiro atoms. The Kier molecular flexibility index (Phi) is 6.99. The molecule has 1 heterocycles. The predicted molar refractivity (Wildman–Crippen MR) is 128 cm³/mol. The van der Waals surface area contributed by atoms with Crippen LogP contribution in [0.2, 0.25) is 0 Å². The predicted octanol–water partition coefficient (Wildman–Crippen LogP) is 4.40. The lowest BCUT2D eigenvalue weighted by atomic mass is 9.91. The number of para-hydroxylation sites is 1. The molecule has 0 aliphatic heterocycles. The fourth-order valence-electron chi connectivity index (χ4n) is 4.37. The van der Waals surface area contributed by atoms with Crippen LogP contribution in [0.15, 0.2) is 54.6 Å². The molecular weight excluding hydrogens is 386 g/mol. The van der Waals surface area contributed by atoms with Crippen molar-refractivity contribution in [2.75, 3.05) is 38.0 Å². The van der Waals surface area contributed by atoms with Crippen LogP contribution in [0.1, 0.15) is 37.4 Å². The molecule has 1 saturated carbocycles. The molecule has 0 saturated heterocycles. The van der Waals surface area contributed by atoms with E-state index in [9.17, 15) is 0 Å². The van der Waals surface area contributed by atoms with Crippen molar-refractivity contribution in [1.29, 1.82) is 0 Å². The van der Waals surface area contributed by atoms with Gasteiger partial charge in [-0.3, -0.25) is 0 Å². The molecule has 1 fully saturated rings. The number of hydrogen-bond acceptors (Lipinski definition) is 6. The zero-order valence-electron chi connectivity index (χ0n) is 18.7. The van der Waals surface area contributed by atoms with Crippen molar-refractivity contribution in [3.63, 3.8) is 0 Å². The van der Waals surface area contributed by atoms with Crippen LogP contribution in [0.4, 0.5) is 11.8 Å². The van der Waals surface area contributed by atoms with Gasteiger partial charge in [-0.2, -0.15) is 4.98 Å². The summed E-state index contributed by atoms with van der Waals surface area (Å²) in [4.78, 5) is 11.6. The first-order valence-corrected chi connectivity index (χ1v) is 11.2. The van der Waals surface area contributed by atoms with Gasteiger partial charge in [-0.1, -0.05) is 42.5 Å². The Morgan fingerprint density at radius 1 is 0.935 bits per heavy atom. The van der Waals surface area contributed by atoms with Gasteiger partial charge < -0.3 is 20.3 Å². The number of fused-ring (bicyclic) bond motifs is 1. The van der Waals surface area contributed by atoms with Gasteiger partial charge in [-0.25, -0.2) is 4.98 Å². The highest BCUT2D eigenvalue weighted by Gasteiger charge is 2.23. The van der Waals surface area contributed by atoms with Crippen molar-refractivity contribution in [2.45, 2.75) is 43.9 Å². The Balaban J connectivity index is 1.32. The Morgan fingerprint density at radius 2 is 1.61 bits per heavy atom. The minimum atomic E-state index is 0.0903. The number of nitrogens with zero attached hydrogens (tertiary/aromatic N) is 3. The van der Waals surface area contributed by atoms with Crippen LogP contribution in [0.5, 0.6) is 0 Å². The molecule has 1 aliphatic carbocycles. The van der Waals surface area contributed by atoms with Crippen molar-refractivity contribution in [3.8, 4) is 0 Å². The smallest absolute Gasteiger partial charge is 0.225 e. The van der Waals surface area contributed by atoms with Gasteiger partial charge in [0.05, 0.1) is 11.6 Å². The molecule has 164 valence electrons. The van der Waals surface area contributed by atoms with E-state index in [-0.39, 0.29) is 6.10 Å². The van der Waals surface area contributed by atoms with Crippen molar-refractivity contribution in [2.24, 2.45) is 0 Å². The number of nitrogens with one attached hydrogen (secondary N) is 2. The highest BCUT2D eigenvalue weighted by atomic mass is 16.5. The van der Waals surface area contributed by atoms with Gasteiger partial charge in [0.25, 0.3) is 0 Å². The second kappa shape index (κ2) is 10.1. The van der Waals surface area contributed by atoms with Crippen LogP contribution in [-0.2, 0) is 4.74 Å². The topological polar surface area (TPSA) is 62.3 Å². The first-order chi connectivity index (χ1) is 15.1. The van der Waals surface area contributed by atoms with Crippen LogP contribution < -0.4 is 15.5 Å². The summed E-state index contributed by atoms with van der Waals surface area (Å²) in [5.74, 6) is 1.68. The first kappa shape index (κ1) is 21.5. The van der Waals surface area contributed by atoms with E-state index in [1.54, 1.807) is 7.11 Å². The SMILES string of the molecule is CO[C@H](CNC1CCC(Nc2nc(N(C)C)c3ccccc3n2)CC1)c1ccccc1. The van der Waals surface area contributed by atoms with Gasteiger partial charge in [0.2, 0.25) is 5.95 Å². The van der Waals surface area contributed by atoms with E-state index in [0.29, 0.717) is 12.1 Å². The van der Waals surface area contributed by atoms with Crippen molar-refractivity contribution in [1.82, 2.24) is 15.3 Å². The molecule has 2 N–H and O–H groups in total. The molecule has 0 radical (unpaired) electrons. The molecule has 0 amide bonds. The van der Waals surface area contributed by atoms with E-state index < -0.39 is 0 Å². The summed E-state index contributed by atoms with van der Waals surface area (Å²) in [6, 6.07) is 19.5. The largest absolute Gasteiger partial charge is 0.375 e. The minimum Gasteiger partial charge on any atom is -0.375 e. The molecule has 6 heteroatoms.